The van der Waals surface area contributed by atoms with Crippen molar-refractivity contribution in [2.45, 2.75) is 18.9 Å². The molecule has 1 fully saturated rings. The first-order chi connectivity index (χ1) is 10.0. The SMILES string of the molecule is CNC(=O)C1CCCN1c1cc(F)cc(/C=C/C(=O)O)c1. The Bertz CT molecular complexity index is 586. The predicted octanol–water partition coefficient (Wildman–Crippen LogP) is 1.64. The Hall–Kier alpha value is -2.37. The number of halogens is 1. The van der Waals surface area contributed by atoms with Gasteiger partial charge in [-0.15, -0.1) is 0 Å². The van der Waals surface area contributed by atoms with E-state index in [4.69, 9.17) is 5.11 Å². The Balaban J connectivity index is 2.30. The smallest absolute Gasteiger partial charge is 0.328 e. The van der Waals surface area contributed by atoms with E-state index in [-0.39, 0.29) is 11.9 Å². The summed E-state index contributed by atoms with van der Waals surface area (Å²) < 4.78 is 13.7. The molecule has 0 aromatic heterocycles. The summed E-state index contributed by atoms with van der Waals surface area (Å²) in [4.78, 5) is 24.2. The summed E-state index contributed by atoms with van der Waals surface area (Å²) >= 11 is 0. The molecule has 112 valence electrons. The Morgan fingerprint density at radius 1 is 1.43 bits per heavy atom. The third-order valence-electron chi connectivity index (χ3n) is 3.46. The van der Waals surface area contributed by atoms with Crippen molar-refractivity contribution in [2.24, 2.45) is 0 Å². The van der Waals surface area contributed by atoms with Crippen LogP contribution in [0.4, 0.5) is 10.1 Å². The molecule has 6 heteroatoms. The molecule has 1 aliphatic heterocycles. The van der Waals surface area contributed by atoms with Gasteiger partial charge in [0.05, 0.1) is 0 Å². The molecular weight excluding hydrogens is 275 g/mol. The second-order valence-corrected chi connectivity index (χ2v) is 4.88. The molecule has 0 aliphatic carbocycles. The van der Waals surface area contributed by atoms with Gasteiger partial charge in [0.25, 0.3) is 0 Å². The van der Waals surface area contributed by atoms with E-state index in [0.717, 1.165) is 18.9 Å². The lowest BCUT2D eigenvalue weighted by atomic mass is 10.1. The number of hydrogen-bond acceptors (Lipinski definition) is 3. The minimum Gasteiger partial charge on any atom is -0.478 e. The maximum atomic E-state index is 13.7. The normalized spacial score (nSPS) is 18.2. The lowest BCUT2D eigenvalue weighted by Gasteiger charge is -2.25. The molecule has 1 amide bonds. The van der Waals surface area contributed by atoms with E-state index in [1.54, 1.807) is 13.1 Å². The van der Waals surface area contributed by atoms with Gasteiger partial charge >= 0.3 is 5.97 Å². The van der Waals surface area contributed by atoms with Crippen LogP contribution in [0.25, 0.3) is 6.08 Å². The van der Waals surface area contributed by atoms with Gasteiger partial charge in [0.15, 0.2) is 0 Å². The molecule has 0 spiro atoms. The van der Waals surface area contributed by atoms with Crippen molar-refractivity contribution in [2.75, 3.05) is 18.5 Å². The molecule has 5 nitrogen and oxygen atoms in total. The molecule has 1 aromatic rings. The van der Waals surface area contributed by atoms with E-state index in [1.165, 1.54) is 18.2 Å². The van der Waals surface area contributed by atoms with E-state index < -0.39 is 11.8 Å². The van der Waals surface area contributed by atoms with Gasteiger partial charge in [0.2, 0.25) is 5.91 Å². The Kier molecular flexibility index (Phi) is 4.57. The lowest BCUT2D eigenvalue weighted by Crippen LogP contribution is -2.42. The average Bonchev–Trinajstić information content (AvgIpc) is 2.93. The van der Waals surface area contributed by atoms with Crippen LogP contribution < -0.4 is 10.2 Å². The van der Waals surface area contributed by atoms with Crippen LogP contribution in [0.2, 0.25) is 0 Å². The van der Waals surface area contributed by atoms with Gasteiger partial charge in [-0.25, -0.2) is 9.18 Å². The highest BCUT2D eigenvalue weighted by Gasteiger charge is 2.30. The second-order valence-electron chi connectivity index (χ2n) is 4.88. The van der Waals surface area contributed by atoms with Crippen LogP contribution in [-0.4, -0.2) is 36.6 Å². The molecule has 0 bridgehead atoms. The van der Waals surface area contributed by atoms with E-state index in [1.807, 2.05) is 4.90 Å². The number of amides is 1. The monoisotopic (exact) mass is 292 g/mol. The Labute approximate surface area is 122 Å². The maximum absolute atomic E-state index is 13.7. The minimum absolute atomic E-state index is 0.0978. The van der Waals surface area contributed by atoms with Gasteiger partial charge in [-0.05, 0) is 42.7 Å². The number of nitrogens with one attached hydrogen (secondary N) is 1. The van der Waals surface area contributed by atoms with Crippen LogP contribution in [0.3, 0.4) is 0 Å². The third-order valence-corrected chi connectivity index (χ3v) is 3.46. The van der Waals surface area contributed by atoms with Gasteiger partial charge < -0.3 is 15.3 Å². The zero-order valence-corrected chi connectivity index (χ0v) is 11.7. The molecule has 2 rings (SSSR count). The van der Waals surface area contributed by atoms with Crippen LogP contribution in [0, 0.1) is 5.82 Å². The quantitative estimate of drug-likeness (QED) is 0.828. The van der Waals surface area contributed by atoms with Crippen molar-refractivity contribution in [3.05, 3.63) is 35.7 Å². The summed E-state index contributed by atoms with van der Waals surface area (Å²) in [6, 6.07) is 3.99. The number of likely N-dealkylation sites (N-methyl/N-ethyl adjacent to an activating group) is 1. The number of anilines is 1. The molecule has 0 saturated carbocycles. The molecule has 1 saturated heterocycles. The van der Waals surface area contributed by atoms with E-state index in [9.17, 15) is 14.0 Å². The molecule has 1 unspecified atom stereocenters. The van der Waals surface area contributed by atoms with Crippen LogP contribution in [0.1, 0.15) is 18.4 Å². The lowest BCUT2D eigenvalue weighted by molar-refractivity contribution is -0.131. The van der Waals surface area contributed by atoms with Crippen LogP contribution in [0.15, 0.2) is 24.3 Å². The topological polar surface area (TPSA) is 69.6 Å². The number of rotatable bonds is 4. The van der Waals surface area contributed by atoms with Crippen molar-refractivity contribution in [3.8, 4) is 0 Å². The molecule has 0 radical (unpaired) electrons. The van der Waals surface area contributed by atoms with Crippen LogP contribution >= 0.6 is 0 Å². The summed E-state index contributed by atoms with van der Waals surface area (Å²) in [6.45, 7) is 0.670. The molecular formula is C15H17FN2O3. The van der Waals surface area contributed by atoms with Gasteiger partial charge in [-0.3, -0.25) is 4.79 Å². The predicted molar refractivity (Wildman–Crippen MR) is 77.5 cm³/mol. The fourth-order valence-corrected chi connectivity index (χ4v) is 2.54. The average molecular weight is 292 g/mol. The van der Waals surface area contributed by atoms with E-state index in [0.29, 0.717) is 17.8 Å². The van der Waals surface area contributed by atoms with Crippen molar-refractivity contribution in [3.63, 3.8) is 0 Å². The highest BCUT2D eigenvalue weighted by Crippen LogP contribution is 2.27. The van der Waals surface area contributed by atoms with Crippen LogP contribution in [0.5, 0.6) is 0 Å². The largest absolute Gasteiger partial charge is 0.478 e. The molecule has 1 atom stereocenters. The van der Waals surface area contributed by atoms with Crippen LogP contribution in [-0.2, 0) is 9.59 Å². The van der Waals surface area contributed by atoms with Crippen molar-refractivity contribution in [1.29, 1.82) is 0 Å². The summed E-state index contributed by atoms with van der Waals surface area (Å²) in [7, 11) is 1.57. The van der Waals surface area contributed by atoms with E-state index in [2.05, 4.69) is 5.32 Å². The molecule has 1 aliphatic rings. The summed E-state index contributed by atoms with van der Waals surface area (Å²) in [6.07, 6.45) is 3.87. The number of carbonyl (C=O) groups excluding carboxylic acids is 1. The highest BCUT2D eigenvalue weighted by atomic mass is 19.1. The second kappa shape index (κ2) is 6.39. The fraction of sp³-hybridized carbons (Fsp3) is 0.333. The van der Waals surface area contributed by atoms with Crippen molar-refractivity contribution in [1.82, 2.24) is 5.32 Å². The van der Waals surface area contributed by atoms with Gasteiger partial charge in [0.1, 0.15) is 11.9 Å². The van der Waals surface area contributed by atoms with Crippen molar-refractivity contribution >= 4 is 23.6 Å². The van der Waals surface area contributed by atoms with Crippen molar-refractivity contribution < 1.29 is 19.1 Å². The zero-order valence-electron chi connectivity index (χ0n) is 11.7. The maximum Gasteiger partial charge on any atom is 0.328 e. The first-order valence-corrected chi connectivity index (χ1v) is 6.71. The fourth-order valence-electron chi connectivity index (χ4n) is 2.54. The number of nitrogens with zero attached hydrogens (tertiary/aromatic N) is 1. The Morgan fingerprint density at radius 2 is 2.19 bits per heavy atom. The minimum atomic E-state index is -1.09. The van der Waals surface area contributed by atoms with Gasteiger partial charge in [0, 0.05) is 25.4 Å². The molecule has 21 heavy (non-hydrogen) atoms. The Morgan fingerprint density at radius 3 is 2.86 bits per heavy atom. The molecule has 2 N–H and O–H groups in total. The van der Waals surface area contributed by atoms with Gasteiger partial charge in [-0.1, -0.05) is 0 Å². The first-order valence-electron chi connectivity index (χ1n) is 6.71. The number of carbonyl (C=O) groups is 2. The number of carboxylic acid groups (broad SMARTS) is 1. The molecule has 1 heterocycles. The zero-order chi connectivity index (χ0) is 15.4. The first kappa shape index (κ1) is 15.0. The summed E-state index contributed by atoms with van der Waals surface area (Å²) in [5.74, 6) is -1.65. The van der Waals surface area contributed by atoms with Gasteiger partial charge in [-0.2, -0.15) is 0 Å². The third kappa shape index (κ3) is 3.59. The van der Waals surface area contributed by atoms with E-state index >= 15 is 0 Å². The number of carboxylic acids is 1. The highest BCUT2D eigenvalue weighted by molar-refractivity contribution is 5.87. The number of benzene rings is 1. The number of hydrogen-bond donors (Lipinski definition) is 2. The summed E-state index contributed by atoms with van der Waals surface area (Å²) in [5.41, 5.74) is 1.04. The number of aliphatic carboxylic acids is 1. The standard InChI is InChI=1S/C15H17FN2O3/c1-17-15(21)13-3-2-6-18(13)12-8-10(4-5-14(19)20)7-11(16)9-12/h4-5,7-9,13H,2-3,6H2,1H3,(H,17,21)(H,19,20)/b5-4+. The summed E-state index contributed by atoms with van der Waals surface area (Å²) in [5, 5.41) is 11.2. The molecule has 1 aromatic carbocycles.